The van der Waals surface area contributed by atoms with Crippen LogP contribution in [0.3, 0.4) is 0 Å². The first-order valence-electron chi connectivity index (χ1n) is 8.84. The molecule has 0 radical (unpaired) electrons. The topological polar surface area (TPSA) is 89.1 Å². The molecule has 2 aromatic heterocycles. The molecule has 4 aromatic rings. The van der Waals surface area contributed by atoms with Crippen molar-refractivity contribution in [2.75, 3.05) is 12.1 Å². The second-order valence-corrected chi connectivity index (χ2v) is 7.21. The molecule has 1 amide bonds. The van der Waals surface area contributed by atoms with E-state index in [2.05, 4.69) is 20.3 Å². The van der Waals surface area contributed by atoms with Crippen LogP contribution in [0.4, 0.5) is 5.13 Å². The van der Waals surface area contributed by atoms with Crippen LogP contribution in [0, 0.1) is 0 Å². The Labute approximate surface area is 164 Å². The van der Waals surface area contributed by atoms with Crippen LogP contribution < -0.4 is 14.8 Å². The summed E-state index contributed by atoms with van der Waals surface area (Å²) >= 11 is 1.39. The Balaban J connectivity index is 1.22. The predicted octanol–water partition coefficient (Wildman–Crippen LogP) is 3.99. The van der Waals surface area contributed by atoms with Gasteiger partial charge in [-0.25, -0.2) is 9.97 Å². The van der Waals surface area contributed by atoms with E-state index in [0.29, 0.717) is 23.7 Å². The molecule has 7 nitrogen and oxygen atoms in total. The normalized spacial score (nSPS) is 12.4. The van der Waals surface area contributed by atoms with Crippen molar-refractivity contribution in [3.05, 3.63) is 53.7 Å². The number of ether oxygens (including phenoxy) is 2. The minimum atomic E-state index is -0.0907. The van der Waals surface area contributed by atoms with Gasteiger partial charge in [0.05, 0.1) is 16.7 Å². The summed E-state index contributed by atoms with van der Waals surface area (Å²) in [4.78, 5) is 24.5. The number of fused-ring (bicyclic) bond motifs is 2. The standard InChI is InChI=1S/C20H16N4O3S/c25-19(8-7-18-21-13-3-1-2-4-14(13)22-18)24-20-23-15(10-28-20)12-5-6-16-17(9-12)27-11-26-16/h1-6,9-10H,7-8,11H2,(H,21,22)(H,23,24,25). The van der Waals surface area contributed by atoms with E-state index in [1.807, 2.05) is 47.8 Å². The van der Waals surface area contributed by atoms with Gasteiger partial charge >= 0.3 is 0 Å². The molecule has 2 aromatic carbocycles. The van der Waals surface area contributed by atoms with E-state index >= 15 is 0 Å². The summed E-state index contributed by atoms with van der Waals surface area (Å²) in [6.45, 7) is 0.238. The average Bonchev–Trinajstić information content (AvgIpc) is 3.44. The molecule has 0 saturated heterocycles. The molecule has 1 aliphatic heterocycles. The highest BCUT2D eigenvalue weighted by Gasteiger charge is 2.15. The van der Waals surface area contributed by atoms with E-state index < -0.39 is 0 Å². The third-order valence-corrected chi connectivity index (χ3v) is 5.20. The summed E-state index contributed by atoms with van der Waals surface area (Å²) < 4.78 is 10.7. The number of H-pyrrole nitrogens is 1. The molecule has 3 heterocycles. The lowest BCUT2D eigenvalue weighted by molar-refractivity contribution is -0.116. The molecule has 0 aliphatic carbocycles. The van der Waals surface area contributed by atoms with Crippen LogP contribution in [0.5, 0.6) is 11.5 Å². The van der Waals surface area contributed by atoms with Crippen molar-refractivity contribution in [2.24, 2.45) is 0 Å². The van der Waals surface area contributed by atoms with Crippen LogP contribution in [0.25, 0.3) is 22.3 Å². The minimum absolute atomic E-state index is 0.0907. The van der Waals surface area contributed by atoms with E-state index in [0.717, 1.165) is 33.9 Å². The van der Waals surface area contributed by atoms with Crippen molar-refractivity contribution < 1.29 is 14.3 Å². The molecule has 0 atom stereocenters. The fraction of sp³-hybridized carbons (Fsp3) is 0.150. The number of hydrogen-bond donors (Lipinski definition) is 2. The number of thiazole rings is 1. The van der Waals surface area contributed by atoms with Crippen molar-refractivity contribution in [3.63, 3.8) is 0 Å². The van der Waals surface area contributed by atoms with E-state index in [-0.39, 0.29) is 12.7 Å². The van der Waals surface area contributed by atoms with Gasteiger partial charge in [-0.3, -0.25) is 4.79 Å². The summed E-state index contributed by atoms with van der Waals surface area (Å²) in [6, 6.07) is 13.5. The molecule has 2 N–H and O–H groups in total. The first kappa shape index (κ1) is 16.8. The molecule has 8 heteroatoms. The zero-order valence-electron chi connectivity index (χ0n) is 14.8. The molecule has 0 spiro atoms. The number of rotatable bonds is 5. The summed E-state index contributed by atoms with van der Waals surface area (Å²) in [5.74, 6) is 2.16. The van der Waals surface area contributed by atoms with E-state index in [9.17, 15) is 4.79 Å². The highest BCUT2D eigenvalue weighted by atomic mass is 32.1. The molecular weight excluding hydrogens is 376 g/mol. The molecule has 140 valence electrons. The lowest BCUT2D eigenvalue weighted by Crippen LogP contribution is -2.12. The molecule has 5 rings (SSSR count). The maximum Gasteiger partial charge on any atom is 0.231 e. The maximum atomic E-state index is 12.3. The Morgan fingerprint density at radius 3 is 2.96 bits per heavy atom. The Morgan fingerprint density at radius 1 is 1.14 bits per heavy atom. The second kappa shape index (κ2) is 6.97. The van der Waals surface area contributed by atoms with E-state index in [1.165, 1.54) is 11.3 Å². The summed E-state index contributed by atoms with van der Waals surface area (Å²) in [5.41, 5.74) is 3.59. The molecular formula is C20H16N4O3S. The van der Waals surface area contributed by atoms with E-state index in [4.69, 9.17) is 9.47 Å². The predicted molar refractivity (Wildman–Crippen MR) is 107 cm³/mol. The van der Waals surface area contributed by atoms with Crippen molar-refractivity contribution in [2.45, 2.75) is 12.8 Å². The van der Waals surface area contributed by atoms with Gasteiger partial charge in [0.25, 0.3) is 0 Å². The number of aromatic amines is 1. The number of imidazole rings is 1. The van der Waals surface area contributed by atoms with E-state index in [1.54, 1.807) is 0 Å². The third kappa shape index (κ3) is 3.29. The van der Waals surface area contributed by atoms with Gasteiger partial charge < -0.3 is 19.8 Å². The van der Waals surface area contributed by atoms with Gasteiger partial charge in [0.1, 0.15) is 5.82 Å². The molecule has 0 fully saturated rings. The number of nitrogens with zero attached hydrogens (tertiary/aromatic N) is 2. The van der Waals surface area contributed by atoms with Crippen LogP contribution in [-0.2, 0) is 11.2 Å². The van der Waals surface area contributed by atoms with Crippen molar-refractivity contribution in [3.8, 4) is 22.8 Å². The average molecular weight is 392 g/mol. The zero-order valence-corrected chi connectivity index (χ0v) is 15.6. The van der Waals surface area contributed by atoms with Crippen molar-refractivity contribution in [1.82, 2.24) is 15.0 Å². The van der Waals surface area contributed by atoms with Gasteiger partial charge in [0, 0.05) is 23.8 Å². The highest BCUT2D eigenvalue weighted by Crippen LogP contribution is 2.36. The lowest BCUT2D eigenvalue weighted by atomic mass is 10.1. The van der Waals surface area contributed by atoms with Crippen molar-refractivity contribution >= 4 is 33.4 Å². The monoisotopic (exact) mass is 392 g/mol. The van der Waals surface area contributed by atoms with Gasteiger partial charge in [0.2, 0.25) is 12.7 Å². The Hall–Kier alpha value is -3.39. The zero-order chi connectivity index (χ0) is 18.9. The second-order valence-electron chi connectivity index (χ2n) is 6.35. The number of benzene rings is 2. The van der Waals surface area contributed by atoms with Gasteiger partial charge in [-0.05, 0) is 30.3 Å². The Bertz CT molecular complexity index is 1130. The largest absolute Gasteiger partial charge is 0.454 e. The first-order chi connectivity index (χ1) is 13.7. The number of aromatic nitrogens is 3. The number of anilines is 1. The Morgan fingerprint density at radius 2 is 2.04 bits per heavy atom. The van der Waals surface area contributed by atoms with Crippen LogP contribution in [0.15, 0.2) is 47.8 Å². The first-order valence-corrected chi connectivity index (χ1v) is 9.71. The van der Waals surface area contributed by atoms with Gasteiger partial charge in [-0.2, -0.15) is 0 Å². The number of carbonyl (C=O) groups excluding carboxylic acids is 1. The number of carbonyl (C=O) groups is 1. The fourth-order valence-corrected chi connectivity index (χ4v) is 3.79. The number of hydrogen-bond acceptors (Lipinski definition) is 6. The van der Waals surface area contributed by atoms with Gasteiger partial charge in [-0.15, -0.1) is 11.3 Å². The van der Waals surface area contributed by atoms with Crippen LogP contribution in [-0.4, -0.2) is 27.7 Å². The number of nitrogens with one attached hydrogen (secondary N) is 2. The number of amides is 1. The molecule has 1 aliphatic rings. The minimum Gasteiger partial charge on any atom is -0.454 e. The molecule has 28 heavy (non-hydrogen) atoms. The fourth-order valence-electron chi connectivity index (χ4n) is 3.06. The third-order valence-electron chi connectivity index (χ3n) is 4.45. The van der Waals surface area contributed by atoms with Crippen LogP contribution in [0.1, 0.15) is 12.2 Å². The number of para-hydroxylation sites is 2. The highest BCUT2D eigenvalue weighted by molar-refractivity contribution is 7.14. The van der Waals surface area contributed by atoms with Gasteiger partial charge in [-0.1, -0.05) is 12.1 Å². The molecule has 0 bridgehead atoms. The SMILES string of the molecule is O=C(CCc1nc2ccccc2[nH]1)Nc1nc(-c2ccc3c(c2)OCO3)cs1. The quantitative estimate of drug-likeness (QED) is 0.536. The number of aryl methyl sites for hydroxylation is 1. The van der Waals surface area contributed by atoms with Gasteiger partial charge in [0.15, 0.2) is 16.6 Å². The summed E-state index contributed by atoms with van der Waals surface area (Å²) in [5, 5.41) is 5.34. The van der Waals surface area contributed by atoms with Crippen LogP contribution >= 0.6 is 11.3 Å². The maximum absolute atomic E-state index is 12.3. The summed E-state index contributed by atoms with van der Waals surface area (Å²) in [7, 11) is 0. The summed E-state index contributed by atoms with van der Waals surface area (Å²) in [6.07, 6.45) is 0.875. The smallest absolute Gasteiger partial charge is 0.231 e. The lowest BCUT2D eigenvalue weighted by Gasteiger charge is -2.01. The Kier molecular flexibility index (Phi) is 4.17. The molecule has 0 saturated carbocycles. The van der Waals surface area contributed by atoms with Crippen molar-refractivity contribution in [1.29, 1.82) is 0 Å². The molecule has 0 unspecified atom stereocenters. The van der Waals surface area contributed by atoms with Crippen LogP contribution in [0.2, 0.25) is 0 Å².